The van der Waals surface area contributed by atoms with Crippen molar-refractivity contribution in [1.29, 1.82) is 0 Å². The fourth-order valence-electron chi connectivity index (χ4n) is 7.23. The number of rotatable bonds is 10. The molecule has 3 aromatic rings. The Labute approximate surface area is 305 Å². The quantitative estimate of drug-likeness (QED) is 0.216. The molecule has 3 amide bonds. The van der Waals surface area contributed by atoms with Crippen molar-refractivity contribution in [2.45, 2.75) is 92.8 Å². The summed E-state index contributed by atoms with van der Waals surface area (Å²) in [5.41, 5.74) is 4.76. The van der Waals surface area contributed by atoms with Gasteiger partial charge in [0.2, 0.25) is 5.91 Å². The standard InChI is InChI=1S/C41H48N6O3S/c1-26(46-41(2,3)4)27-15-17-29(18-16-27)44-39(49)35-13-10-24-47(35)40(50)37-33-25-30(51-36-14-7-6-12-32(36)38(48)42-5)20-21-31(33)34(45-37)22-19-28-11-8-9-23-43-28/h6-9,11-12,14,19-23,25,27,29,35,37,46H,1,10,13,15-18,24H2,2-5H3,(H,42,48)(H,44,49)/b22-19+/t27?,29?,35-,37?/m0/s1. The van der Waals surface area contributed by atoms with Gasteiger partial charge in [-0.15, -0.1) is 0 Å². The Morgan fingerprint density at radius 1 is 0.961 bits per heavy atom. The molecule has 1 unspecified atom stereocenters. The Kier molecular flexibility index (Phi) is 11.1. The number of nitrogens with one attached hydrogen (secondary N) is 3. The molecule has 3 aliphatic rings. The number of fused-ring (bicyclic) bond motifs is 1. The third-order valence-corrected chi connectivity index (χ3v) is 10.8. The van der Waals surface area contributed by atoms with Gasteiger partial charge in [0.15, 0.2) is 6.04 Å². The first kappa shape index (κ1) is 36.1. The second kappa shape index (κ2) is 15.7. The van der Waals surface area contributed by atoms with E-state index in [1.807, 2.05) is 66.7 Å². The topological polar surface area (TPSA) is 116 Å². The minimum atomic E-state index is -0.789. The Morgan fingerprint density at radius 3 is 2.45 bits per heavy atom. The van der Waals surface area contributed by atoms with E-state index in [1.165, 1.54) is 11.8 Å². The number of hydrogen-bond acceptors (Lipinski definition) is 7. The number of benzene rings is 2. The van der Waals surface area contributed by atoms with Gasteiger partial charge in [-0.1, -0.05) is 42.6 Å². The van der Waals surface area contributed by atoms with Crippen LogP contribution in [0.3, 0.4) is 0 Å². The number of nitrogens with zero attached hydrogens (tertiary/aromatic N) is 3. The van der Waals surface area contributed by atoms with E-state index in [1.54, 1.807) is 24.2 Å². The summed E-state index contributed by atoms with van der Waals surface area (Å²) in [5.74, 6) is -0.0182. The van der Waals surface area contributed by atoms with Gasteiger partial charge < -0.3 is 20.9 Å². The molecular formula is C41H48N6O3S. The van der Waals surface area contributed by atoms with Gasteiger partial charge in [0.05, 0.1) is 17.0 Å². The van der Waals surface area contributed by atoms with E-state index in [0.29, 0.717) is 30.2 Å². The first-order valence-electron chi connectivity index (χ1n) is 17.9. The Morgan fingerprint density at radius 2 is 1.73 bits per heavy atom. The van der Waals surface area contributed by atoms with E-state index in [4.69, 9.17) is 4.99 Å². The molecule has 266 valence electrons. The van der Waals surface area contributed by atoms with Crippen LogP contribution in [-0.2, 0) is 9.59 Å². The fraction of sp³-hybridized carbons (Fsp3) is 0.390. The average Bonchev–Trinajstić information content (AvgIpc) is 3.76. The summed E-state index contributed by atoms with van der Waals surface area (Å²) in [5, 5.41) is 9.53. The second-order valence-corrected chi connectivity index (χ2v) is 15.7. The van der Waals surface area contributed by atoms with Crippen molar-refractivity contribution in [2.75, 3.05) is 13.6 Å². The third kappa shape index (κ3) is 8.61. The van der Waals surface area contributed by atoms with Crippen molar-refractivity contribution in [3.05, 3.63) is 108 Å². The number of amides is 3. The van der Waals surface area contributed by atoms with Crippen LogP contribution in [0.15, 0.2) is 100.0 Å². The van der Waals surface area contributed by atoms with Crippen LogP contribution in [0.1, 0.15) is 92.5 Å². The first-order chi connectivity index (χ1) is 24.5. The molecule has 0 bridgehead atoms. The van der Waals surface area contributed by atoms with Gasteiger partial charge in [-0.05, 0) is 119 Å². The molecule has 1 aromatic heterocycles. The van der Waals surface area contributed by atoms with E-state index in [2.05, 4.69) is 48.3 Å². The molecule has 2 fully saturated rings. The van der Waals surface area contributed by atoms with E-state index < -0.39 is 12.1 Å². The summed E-state index contributed by atoms with van der Waals surface area (Å²) in [6.45, 7) is 11.2. The lowest BCUT2D eigenvalue weighted by Gasteiger charge is -2.34. The molecule has 2 aliphatic heterocycles. The Hall–Kier alpha value is -4.70. The number of pyridine rings is 1. The molecule has 1 saturated carbocycles. The van der Waals surface area contributed by atoms with Crippen LogP contribution in [0.5, 0.6) is 0 Å². The van der Waals surface area contributed by atoms with E-state index >= 15 is 0 Å². The lowest BCUT2D eigenvalue weighted by atomic mass is 9.83. The summed E-state index contributed by atoms with van der Waals surface area (Å²) in [4.78, 5) is 53.6. The zero-order valence-corrected chi connectivity index (χ0v) is 30.8. The molecule has 51 heavy (non-hydrogen) atoms. The highest BCUT2D eigenvalue weighted by atomic mass is 32.2. The van der Waals surface area contributed by atoms with Crippen LogP contribution in [0.25, 0.3) is 6.08 Å². The van der Waals surface area contributed by atoms with Gasteiger partial charge in [0.25, 0.3) is 11.8 Å². The van der Waals surface area contributed by atoms with Crippen molar-refractivity contribution >= 4 is 41.3 Å². The summed E-state index contributed by atoms with van der Waals surface area (Å²) in [6, 6.07) is 17.9. The van der Waals surface area contributed by atoms with Crippen molar-refractivity contribution < 1.29 is 14.4 Å². The molecule has 2 atom stereocenters. The molecule has 6 rings (SSSR count). The van der Waals surface area contributed by atoms with Gasteiger partial charge in [0, 0.05) is 52.4 Å². The molecule has 3 heterocycles. The largest absolute Gasteiger partial charge is 0.384 e. The Balaban J connectivity index is 1.20. The lowest BCUT2D eigenvalue weighted by Crippen LogP contribution is -2.50. The van der Waals surface area contributed by atoms with Crippen molar-refractivity contribution in [1.82, 2.24) is 25.8 Å². The number of likely N-dealkylation sites (tertiary alicyclic amines) is 1. The minimum absolute atomic E-state index is 0.0285. The van der Waals surface area contributed by atoms with Crippen LogP contribution in [0.4, 0.5) is 0 Å². The van der Waals surface area contributed by atoms with Crippen LogP contribution >= 0.6 is 11.8 Å². The highest BCUT2D eigenvalue weighted by molar-refractivity contribution is 7.99. The van der Waals surface area contributed by atoms with E-state index in [9.17, 15) is 14.4 Å². The lowest BCUT2D eigenvalue weighted by molar-refractivity contribution is -0.139. The van der Waals surface area contributed by atoms with Crippen molar-refractivity contribution in [2.24, 2.45) is 10.9 Å². The number of allylic oxidation sites excluding steroid dienone is 2. The first-order valence-corrected chi connectivity index (χ1v) is 18.7. The van der Waals surface area contributed by atoms with E-state index in [0.717, 1.165) is 64.4 Å². The number of aromatic nitrogens is 1. The van der Waals surface area contributed by atoms with Gasteiger partial charge in [-0.2, -0.15) is 0 Å². The summed E-state index contributed by atoms with van der Waals surface area (Å²) >= 11 is 1.47. The number of carbonyl (C=O) groups excluding carboxylic acids is 3. The predicted molar refractivity (Wildman–Crippen MR) is 204 cm³/mol. The molecule has 0 spiro atoms. The SMILES string of the molecule is C=C(NC(C)(C)C)C1CCC(NC(=O)[C@@H]2CCCN2C(=O)C2N=C(/C=C/c3ccccn3)c3ccc(Sc4ccccc4C(=O)NC)cc32)CC1. The zero-order valence-electron chi connectivity index (χ0n) is 29.9. The highest BCUT2D eigenvalue weighted by Gasteiger charge is 2.41. The number of carbonyl (C=O) groups is 3. The minimum Gasteiger partial charge on any atom is -0.384 e. The predicted octanol–water partition coefficient (Wildman–Crippen LogP) is 6.72. The normalized spacial score (nSPS) is 21.6. The fourth-order valence-corrected chi connectivity index (χ4v) is 8.23. The van der Waals surface area contributed by atoms with E-state index in [-0.39, 0.29) is 29.3 Å². The number of hydrogen-bond donors (Lipinski definition) is 3. The van der Waals surface area contributed by atoms with Gasteiger partial charge in [0.1, 0.15) is 6.04 Å². The monoisotopic (exact) mass is 704 g/mol. The van der Waals surface area contributed by atoms with Gasteiger partial charge in [-0.25, -0.2) is 0 Å². The summed E-state index contributed by atoms with van der Waals surface area (Å²) in [7, 11) is 1.62. The third-order valence-electron chi connectivity index (χ3n) is 9.72. The van der Waals surface area contributed by atoms with Crippen LogP contribution in [0.2, 0.25) is 0 Å². The maximum atomic E-state index is 14.4. The molecular weight excluding hydrogens is 657 g/mol. The van der Waals surface area contributed by atoms with Crippen molar-refractivity contribution in [3.8, 4) is 0 Å². The molecule has 9 nitrogen and oxygen atoms in total. The zero-order chi connectivity index (χ0) is 36.1. The number of aliphatic imine (C=N–C) groups is 1. The van der Waals surface area contributed by atoms with Crippen LogP contribution in [0, 0.1) is 5.92 Å². The van der Waals surface area contributed by atoms with Crippen LogP contribution < -0.4 is 16.0 Å². The summed E-state index contributed by atoms with van der Waals surface area (Å²) in [6.07, 6.45) is 10.6. The summed E-state index contributed by atoms with van der Waals surface area (Å²) < 4.78 is 0. The van der Waals surface area contributed by atoms with Crippen molar-refractivity contribution in [3.63, 3.8) is 0 Å². The smallest absolute Gasteiger partial charge is 0.252 e. The maximum Gasteiger partial charge on any atom is 0.252 e. The average molecular weight is 705 g/mol. The molecule has 2 aromatic carbocycles. The highest BCUT2D eigenvalue weighted by Crippen LogP contribution is 2.39. The molecule has 3 N–H and O–H groups in total. The van der Waals surface area contributed by atoms with Gasteiger partial charge >= 0.3 is 0 Å². The molecule has 1 saturated heterocycles. The Bertz CT molecular complexity index is 1840. The maximum absolute atomic E-state index is 14.4. The second-order valence-electron chi connectivity index (χ2n) is 14.6. The van der Waals surface area contributed by atoms with Gasteiger partial charge in [-0.3, -0.25) is 24.4 Å². The molecule has 1 aliphatic carbocycles. The molecule has 0 radical (unpaired) electrons. The molecule has 10 heteroatoms. The van der Waals surface area contributed by atoms with Crippen LogP contribution in [-0.4, -0.2) is 64.5 Å².